The maximum Gasteiger partial charge on any atom is 0.250 e. The van der Waals surface area contributed by atoms with Gasteiger partial charge >= 0.3 is 0 Å². The van der Waals surface area contributed by atoms with Crippen LogP contribution in [0.15, 0.2) is 30.4 Å². The van der Waals surface area contributed by atoms with Gasteiger partial charge in [0.1, 0.15) is 5.75 Å². The third-order valence-electron chi connectivity index (χ3n) is 4.09. The topological polar surface area (TPSA) is 43.4 Å². The van der Waals surface area contributed by atoms with Gasteiger partial charge in [0.05, 0.1) is 0 Å². The van der Waals surface area contributed by atoms with Gasteiger partial charge in [0.2, 0.25) is 8.32 Å². The number of benzene rings is 1. The van der Waals surface area contributed by atoms with Gasteiger partial charge in [-0.25, -0.2) is 0 Å². The summed E-state index contributed by atoms with van der Waals surface area (Å²) in [7, 11) is -1.94. The zero-order valence-corrected chi connectivity index (χ0v) is 13.6. The quantitative estimate of drug-likeness (QED) is 0.772. The van der Waals surface area contributed by atoms with Crippen LogP contribution < -0.4 is 4.43 Å². The predicted octanol–water partition coefficient (Wildman–Crippen LogP) is 4.01. The van der Waals surface area contributed by atoms with Crippen molar-refractivity contribution in [1.29, 1.82) is 0 Å². The molecule has 2 rings (SSSR count). The number of fused-ring (bicyclic) bond motifs is 1. The number of carbonyl (C=O) groups excluding carboxylic acids is 2. The number of ketones is 2. The van der Waals surface area contributed by atoms with Crippen molar-refractivity contribution in [2.45, 2.75) is 38.9 Å². The van der Waals surface area contributed by atoms with E-state index in [1.807, 2.05) is 0 Å². The molecule has 1 aromatic rings. The second-order valence-electron chi connectivity index (χ2n) is 6.63. The van der Waals surface area contributed by atoms with E-state index in [1.54, 1.807) is 18.2 Å². The first-order valence-corrected chi connectivity index (χ1v) is 9.62. The van der Waals surface area contributed by atoms with Gasteiger partial charge in [-0.3, -0.25) is 9.59 Å². The molecule has 0 spiro atoms. The third kappa shape index (κ3) is 2.61. The maximum absolute atomic E-state index is 11.9. The van der Waals surface area contributed by atoms with Crippen LogP contribution >= 0.6 is 0 Å². The van der Waals surface area contributed by atoms with Crippen LogP contribution in [0.5, 0.6) is 5.75 Å². The lowest BCUT2D eigenvalue weighted by Gasteiger charge is -2.36. The van der Waals surface area contributed by atoms with E-state index in [2.05, 4.69) is 33.9 Å². The molecule has 0 saturated heterocycles. The number of rotatable bonds is 2. The van der Waals surface area contributed by atoms with Crippen LogP contribution in [0.3, 0.4) is 0 Å². The fourth-order valence-corrected chi connectivity index (χ4v) is 2.81. The van der Waals surface area contributed by atoms with E-state index < -0.39 is 8.32 Å². The summed E-state index contributed by atoms with van der Waals surface area (Å²) in [5.41, 5.74) is 0.897. The van der Waals surface area contributed by atoms with Crippen molar-refractivity contribution in [3.63, 3.8) is 0 Å². The fourth-order valence-electron chi connectivity index (χ4n) is 1.78. The molecule has 106 valence electrons. The molecule has 0 radical (unpaired) electrons. The van der Waals surface area contributed by atoms with Crippen molar-refractivity contribution in [1.82, 2.24) is 0 Å². The SMILES string of the molecule is CC(C)(C)[Si](C)(C)Oc1ccc2c(c1)C(=O)C=CC2=O. The van der Waals surface area contributed by atoms with Crippen molar-refractivity contribution in [3.05, 3.63) is 41.5 Å². The minimum absolute atomic E-state index is 0.0859. The lowest BCUT2D eigenvalue weighted by Crippen LogP contribution is -2.43. The van der Waals surface area contributed by atoms with Crippen LogP contribution in [0.2, 0.25) is 18.1 Å². The minimum atomic E-state index is -1.94. The minimum Gasteiger partial charge on any atom is -0.543 e. The van der Waals surface area contributed by atoms with Gasteiger partial charge in [0.15, 0.2) is 11.6 Å². The van der Waals surface area contributed by atoms with E-state index in [0.29, 0.717) is 16.9 Å². The zero-order chi connectivity index (χ0) is 15.1. The molecule has 0 aromatic heterocycles. The Bertz CT molecular complexity index is 607. The Morgan fingerprint density at radius 2 is 1.50 bits per heavy atom. The van der Waals surface area contributed by atoms with Crippen molar-refractivity contribution in [3.8, 4) is 5.75 Å². The van der Waals surface area contributed by atoms with Crippen molar-refractivity contribution < 1.29 is 14.0 Å². The monoisotopic (exact) mass is 288 g/mol. The van der Waals surface area contributed by atoms with E-state index in [9.17, 15) is 9.59 Å². The Morgan fingerprint density at radius 3 is 2.05 bits per heavy atom. The second kappa shape index (κ2) is 4.70. The standard InChI is InChI=1S/C16H20O3Si/c1-16(2,3)20(4,5)19-11-6-7-12-13(10-11)15(18)9-8-14(12)17/h6-10H,1-5H3. The summed E-state index contributed by atoms with van der Waals surface area (Å²) >= 11 is 0. The lowest BCUT2D eigenvalue weighted by molar-refractivity contribution is 0.0994. The van der Waals surface area contributed by atoms with Crippen LogP contribution in [-0.4, -0.2) is 19.9 Å². The molecular weight excluding hydrogens is 268 g/mol. The lowest BCUT2D eigenvalue weighted by atomic mass is 9.95. The molecule has 0 unspecified atom stereocenters. The highest BCUT2D eigenvalue weighted by Crippen LogP contribution is 2.37. The maximum atomic E-state index is 11.9. The first-order valence-electron chi connectivity index (χ1n) is 6.72. The molecule has 0 amide bonds. The molecule has 0 fully saturated rings. The summed E-state index contributed by atoms with van der Waals surface area (Å²) in [5, 5.41) is 0.0859. The van der Waals surface area contributed by atoms with Gasteiger partial charge in [-0.2, -0.15) is 0 Å². The molecule has 0 saturated carbocycles. The van der Waals surface area contributed by atoms with E-state index in [4.69, 9.17) is 4.43 Å². The van der Waals surface area contributed by atoms with Gasteiger partial charge in [0, 0.05) is 11.1 Å². The highest BCUT2D eigenvalue weighted by Gasteiger charge is 2.39. The van der Waals surface area contributed by atoms with Crippen molar-refractivity contribution >= 4 is 19.9 Å². The predicted molar refractivity (Wildman–Crippen MR) is 82.1 cm³/mol. The third-order valence-corrected chi connectivity index (χ3v) is 8.45. The summed E-state index contributed by atoms with van der Waals surface area (Å²) in [5.74, 6) is 0.408. The summed E-state index contributed by atoms with van der Waals surface area (Å²) in [6.07, 6.45) is 2.64. The number of carbonyl (C=O) groups is 2. The van der Waals surface area contributed by atoms with Gasteiger partial charge in [-0.05, 0) is 48.5 Å². The molecule has 0 N–H and O–H groups in total. The van der Waals surface area contributed by atoms with E-state index in [1.165, 1.54) is 12.2 Å². The molecule has 4 heteroatoms. The summed E-state index contributed by atoms with van der Waals surface area (Å²) in [6, 6.07) is 5.16. The Morgan fingerprint density at radius 1 is 0.950 bits per heavy atom. The molecule has 20 heavy (non-hydrogen) atoms. The van der Waals surface area contributed by atoms with Crippen LogP contribution in [-0.2, 0) is 0 Å². The Kier molecular flexibility index (Phi) is 3.46. The van der Waals surface area contributed by atoms with Gasteiger partial charge in [-0.1, -0.05) is 20.8 Å². The summed E-state index contributed by atoms with van der Waals surface area (Å²) in [6.45, 7) is 10.8. The number of hydrogen-bond donors (Lipinski definition) is 0. The molecule has 1 aliphatic rings. The smallest absolute Gasteiger partial charge is 0.250 e. The largest absolute Gasteiger partial charge is 0.543 e. The first kappa shape index (κ1) is 14.7. The molecule has 0 atom stereocenters. The van der Waals surface area contributed by atoms with Crippen molar-refractivity contribution in [2.75, 3.05) is 0 Å². The highest BCUT2D eigenvalue weighted by atomic mass is 28.4. The normalized spacial score (nSPS) is 15.2. The number of allylic oxidation sites excluding steroid dienone is 2. The summed E-state index contributed by atoms with van der Waals surface area (Å²) in [4.78, 5) is 23.6. The fraction of sp³-hybridized carbons (Fsp3) is 0.375. The van der Waals surface area contributed by atoms with E-state index in [0.717, 1.165) is 0 Å². The second-order valence-corrected chi connectivity index (χ2v) is 11.4. The molecule has 0 heterocycles. The molecule has 1 aromatic carbocycles. The molecular formula is C16H20O3Si. The first-order chi connectivity index (χ1) is 9.12. The van der Waals surface area contributed by atoms with Gasteiger partial charge < -0.3 is 4.43 Å². The average Bonchev–Trinajstić information content (AvgIpc) is 2.32. The molecule has 0 bridgehead atoms. The van der Waals surface area contributed by atoms with Crippen LogP contribution in [0.25, 0.3) is 0 Å². The Hall–Kier alpha value is -1.68. The molecule has 1 aliphatic carbocycles. The number of hydrogen-bond acceptors (Lipinski definition) is 3. The summed E-state index contributed by atoms with van der Waals surface area (Å²) < 4.78 is 6.17. The molecule has 0 aliphatic heterocycles. The highest BCUT2D eigenvalue weighted by molar-refractivity contribution is 6.74. The Balaban J connectivity index is 2.36. The van der Waals surface area contributed by atoms with Gasteiger partial charge in [0.25, 0.3) is 0 Å². The van der Waals surface area contributed by atoms with Crippen LogP contribution in [0.4, 0.5) is 0 Å². The van der Waals surface area contributed by atoms with E-state index in [-0.39, 0.29) is 16.6 Å². The van der Waals surface area contributed by atoms with Crippen LogP contribution in [0.1, 0.15) is 41.5 Å². The van der Waals surface area contributed by atoms with E-state index >= 15 is 0 Å². The Labute approximate surface area is 120 Å². The van der Waals surface area contributed by atoms with Crippen molar-refractivity contribution in [2.24, 2.45) is 0 Å². The van der Waals surface area contributed by atoms with Crippen LogP contribution in [0, 0.1) is 0 Å². The van der Waals surface area contributed by atoms with Gasteiger partial charge in [-0.15, -0.1) is 0 Å². The average molecular weight is 288 g/mol. The molecule has 3 nitrogen and oxygen atoms in total. The zero-order valence-electron chi connectivity index (χ0n) is 12.6.